The molecular formula is C11H15N3O2. The largest absolute Gasteiger partial charge is 0.362 e. The van der Waals surface area contributed by atoms with E-state index >= 15 is 0 Å². The molecule has 0 saturated carbocycles. The van der Waals surface area contributed by atoms with Gasteiger partial charge in [0.1, 0.15) is 0 Å². The topological polar surface area (TPSA) is 68.4 Å². The van der Waals surface area contributed by atoms with E-state index in [4.69, 9.17) is 10.6 Å². The van der Waals surface area contributed by atoms with E-state index in [0.717, 1.165) is 19.3 Å². The fourth-order valence-corrected chi connectivity index (χ4v) is 1.69. The summed E-state index contributed by atoms with van der Waals surface area (Å²) in [5.74, 6) is -0.398. The third kappa shape index (κ3) is 2.56. The molecule has 86 valence electrons. The van der Waals surface area contributed by atoms with Crippen LogP contribution in [0, 0.1) is 0 Å². The minimum Gasteiger partial charge on any atom is -0.362 e. The van der Waals surface area contributed by atoms with Gasteiger partial charge in [-0.1, -0.05) is 0 Å². The molecule has 0 aromatic carbocycles. The molecule has 5 nitrogen and oxygen atoms in total. The lowest BCUT2D eigenvalue weighted by Crippen LogP contribution is -2.46. The van der Waals surface area contributed by atoms with Crippen LogP contribution in [0.4, 0.5) is 0 Å². The molecule has 1 atom stereocenters. The standard InChI is InChI=1S/C11H15N3O2/c12-10-5-1-2-7-14(10)16-11(15)9-4-3-6-13-8-9/h3-4,6,8,10H,1-2,5,7,12H2. The van der Waals surface area contributed by atoms with Crippen molar-refractivity contribution in [3.8, 4) is 0 Å². The zero-order valence-corrected chi connectivity index (χ0v) is 9.00. The van der Waals surface area contributed by atoms with E-state index in [2.05, 4.69) is 4.98 Å². The van der Waals surface area contributed by atoms with Gasteiger partial charge in [-0.2, -0.15) is 0 Å². The fourth-order valence-electron chi connectivity index (χ4n) is 1.69. The van der Waals surface area contributed by atoms with Crippen LogP contribution < -0.4 is 5.73 Å². The molecule has 1 aromatic heterocycles. The highest BCUT2D eigenvalue weighted by molar-refractivity contribution is 5.88. The highest BCUT2D eigenvalue weighted by Gasteiger charge is 2.23. The summed E-state index contributed by atoms with van der Waals surface area (Å²) < 4.78 is 0. The summed E-state index contributed by atoms with van der Waals surface area (Å²) in [6, 6.07) is 3.37. The quantitative estimate of drug-likeness (QED) is 0.804. The third-order valence-corrected chi connectivity index (χ3v) is 2.60. The van der Waals surface area contributed by atoms with Crippen LogP contribution in [0.2, 0.25) is 0 Å². The van der Waals surface area contributed by atoms with Gasteiger partial charge in [-0.15, -0.1) is 5.06 Å². The van der Waals surface area contributed by atoms with Crippen LogP contribution in [0.5, 0.6) is 0 Å². The highest BCUT2D eigenvalue weighted by atomic mass is 16.7. The molecule has 0 bridgehead atoms. The van der Waals surface area contributed by atoms with Crippen LogP contribution in [-0.2, 0) is 4.84 Å². The first-order chi connectivity index (χ1) is 7.77. The Kier molecular flexibility index (Phi) is 3.48. The smallest absolute Gasteiger partial charge is 0.358 e. The first kappa shape index (κ1) is 11.0. The molecule has 1 aliphatic rings. The Morgan fingerprint density at radius 3 is 3.12 bits per heavy atom. The first-order valence-corrected chi connectivity index (χ1v) is 5.42. The van der Waals surface area contributed by atoms with E-state index in [1.807, 2.05) is 0 Å². The summed E-state index contributed by atoms with van der Waals surface area (Å²) in [6.45, 7) is 0.702. The minimum atomic E-state index is -0.398. The predicted molar refractivity (Wildman–Crippen MR) is 58.2 cm³/mol. The van der Waals surface area contributed by atoms with Crippen molar-refractivity contribution >= 4 is 5.97 Å². The SMILES string of the molecule is NC1CCCCN1OC(=O)c1cccnc1. The van der Waals surface area contributed by atoms with Gasteiger partial charge in [-0.05, 0) is 31.4 Å². The Bertz CT molecular complexity index is 356. The lowest BCUT2D eigenvalue weighted by molar-refractivity contribution is -0.149. The molecule has 16 heavy (non-hydrogen) atoms. The van der Waals surface area contributed by atoms with Gasteiger partial charge in [0.2, 0.25) is 0 Å². The molecule has 1 saturated heterocycles. The molecule has 1 aromatic rings. The number of carbonyl (C=O) groups is 1. The molecule has 0 radical (unpaired) electrons. The molecule has 1 aliphatic heterocycles. The molecule has 0 amide bonds. The number of nitrogens with zero attached hydrogens (tertiary/aromatic N) is 2. The number of carbonyl (C=O) groups excluding carboxylic acids is 1. The second kappa shape index (κ2) is 5.05. The van der Waals surface area contributed by atoms with Gasteiger partial charge >= 0.3 is 5.97 Å². The Morgan fingerprint density at radius 1 is 1.56 bits per heavy atom. The van der Waals surface area contributed by atoms with Gasteiger partial charge in [0.25, 0.3) is 0 Å². The van der Waals surface area contributed by atoms with Crippen molar-refractivity contribution in [1.82, 2.24) is 10.0 Å². The fraction of sp³-hybridized carbons (Fsp3) is 0.455. The molecule has 2 rings (SSSR count). The van der Waals surface area contributed by atoms with E-state index in [1.54, 1.807) is 23.4 Å². The van der Waals surface area contributed by atoms with Crippen LogP contribution in [-0.4, -0.2) is 28.7 Å². The molecule has 0 aliphatic carbocycles. The zero-order valence-electron chi connectivity index (χ0n) is 9.00. The second-order valence-corrected chi connectivity index (χ2v) is 3.82. The third-order valence-electron chi connectivity index (χ3n) is 2.60. The molecule has 2 heterocycles. The maximum atomic E-state index is 11.7. The molecule has 1 fully saturated rings. The number of pyridine rings is 1. The lowest BCUT2D eigenvalue weighted by atomic mass is 10.1. The van der Waals surface area contributed by atoms with Crippen molar-refractivity contribution in [3.63, 3.8) is 0 Å². The summed E-state index contributed by atoms with van der Waals surface area (Å²) in [6.07, 6.45) is 5.87. The van der Waals surface area contributed by atoms with Crippen molar-refractivity contribution in [2.75, 3.05) is 6.54 Å². The Balaban J connectivity index is 1.96. The van der Waals surface area contributed by atoms with Gasteiger partial charge in [0.05, 0.1) is 11.7 Å². The zero-order chi connectivity index (χ0) is 11.4. The maximum absolute atomic E-state index is 11.7. The van der Waals surface area contributed by atoms with Crippen molar-refractivity contribution in [3.05, 3.63) is 30.1 Å². The number of aromatic nitrogens is 1. The maximum Gasteiger partial charge on any atom is 0.358 e. The van der Waals surface area contributed by atoms with E-state index in [9.17, 15) is 4.79 Å². The van der Waals surface area contributed by atoms with E-state index in [0.29, 0.717) is 12.1 Å². The van der Waals surface area contributed by atoms with Crippen LogP contribution in [0.1, 0.15) is 29.6 Å². The van der Waals surface area contributed by atoms with Gasteiger partial charge < -0.3 is 10.6 Å². The van der Waals surface area contributed by atoms with Crippen LogP contribution in [0.3, 0.4) is 0 Å². The average Bonchev–Trinajstić information content (AvgIpc) is 2.33. The van der Waals surface area contributed by atoms with Crippen LogP contribution in [0.25, 0.3) is 0 Å². The van der Waals surface area contributed by atoms with Crippen LogP contribution >= 0.6 is 0 Å². The van der Waals surface area contributed by atoms with Crippen molar-refractivity contribution in [1.29, 1.82) is 0 Å². The number of hydrogen-bond donors (Lipinski definition) is 1. The number of hydroxylamine groups is 2. The number of piperidine rings is 1. The Hall–Kier alpha value is -1.46. The molecule has 0 spiro atoms. The molecular weight excluding hydrogens is 206 g/mol. The van der Waals surface area contributed by atoms with E-state index in [1.165, 1.54) is 6.20 Å². The number of rotatable bonds is 2. The van der Waals surface area contributed by atoms with Gasteiger partial charge in [-0.3, -0.25) is 4.98 Å². The molecule has 1 unspecified atom stereocenters. The summed E-state index contributed by atoms with van der Waals surface area (Å²) >= 11 is 0. The minimum absolute atomic E-state index is 0.186. The van der Waals surface area contributed by atoms with Crippen molar-refractivity contribution in [2.45, 2.75) is 25.4 Å². The van der Waals surface area contributed by atoms with E-state index < -0.39 is 5.97 Å². The molecule has 5 heteroatoms. The van der Waals surface area contributed by atoms with Gasteiger partial charge in [-0.25, -0.2) is 4.79 Å². The van der Waals surface area contributed by atoms with Crippen molar-refractivity contribution < 1.29 is 9.63 Å². The molecule has 2 N–H and O–H groups in total. The highest BCUT2D eigenvalue weighted by Crippen LogP contribution is 2.14. The summed E-state index contributed by atoms with van der Waals surface area (Å²) in [7, 11) is 0. The average molecular weight is 221 g/mol. The summed E-state index contributed by atoms with van der Waals surface area (Å²) in [5.41, 5.74) is 6.28. The summed E-state index contributed by atoms with van der Waals surface area (Å²) in [4.78, 5) is 20.8. The number of hydrogen-bond acceptors (Lipinski definition) is 5. The monoisotopic (exact) mass is 221 g/mol. The number of nitrogens with two attached hydrogens (primary N) is 1. The first-order valence-electron chi connectivity index (χ1n) is 5.42. The van der Waals surface area contributed by atoms with Gasteiger partial charge in [0.15, 0.2) is 0 Å². The normalized spacial score (nSPS) is 21.7. The predicted octanol–water partition coefficient (Wildman–Crippen LogP) is 0.924. The Morgan fingerprint density at radius 2 is 2.44 bits per heavy atom. The lowest BCUT2D eigenvalue weighted by Gasteiger charge is -2.30. The van der Waals surface area contributed by atoms with Crippen molar-refractivity contribution in [2.24, 2.45) is 5.73 Å². The Labute approximate surface area is 94.2 Å². The van der Waals surface area contributed by atoms with Crippen LogP contribution in [0.15, 0.2) is 24.5 Å². The summed E-state index contributed by atoms with van der Waals surface area (Å²) in [5, 5.41) is 1.55. The second-order valence-electron chi connectivity index (χ2n) is 3.82. The van der Waals surface area contributed by atoms with Gasteiger partial charge in [0, 0.05) is 18.9 Å². The van der Waals surface area contributed by atoms with E-state index in [-0.39, 0.29) is 6.17 Å².